The number of aromatic nitrogens is 2. The molecule has 18 heavy (non-hydrogen) atoms. The zero-order valence-corrected chi connectivity index (χ0v) is 11.6. The Morgan fingerprint density at radius 2 is 2.17 bits per heavy atom. The monoisotopic (exact) mass is 253 g/mol. The molecule has 1 aromatic heterocycles. The fourth-order valence-corrected chi connectivity index (χ4v) is 2.75. The van der Waals surface area contributed by atoms with E-state index in [9.17, 15) is 5.11 Å². The van der Waals surface area contributed by atoms with E-state index in [-0.39, 0.29) is 12.1 Å². The maximum absolute atomic E-state index is 9.90. The Morgan fingerprint density at radius 3 is 2.67 bits per heavy atom. The molecular formula is C12H23N5O. The number of β-amino-alcohol motifs (C(OH)–C–C–N with tert-alkyl or cyclic N) is 1. The summed E-state index contributed by atoms with van der Waals surface area (Å²) in [6, 6.07) is 0.284. The summed E-state index contributed by atoms with van der Waals surface area (Å²) in [4.78, 5) is 4.31. The van der Waals surface area contributed by atoms with Gasteiger partial charge in [-0.2, -0.15) is 5.10 Å². The molecule has 0 amide bonds. The molecule has 1 aliphatic rings. The van der Waals surface area contributed by atoms with Gasteiger partial charge >= 0.3 is 0 Å². The van der Waals surface area contributed by atoms with Crippen LogP contribution in [0.2, 0.25) is 0 Å². The average Bonchev–Trinajstić information content (AvgIpc) is 2.69. The van der Waals surface area contributed by atoms with Crippen molar-refractivity contribution in [1.29, 1.82) is 0 Å². The Balaban J connectivity index is 2.29. The first-order valence-corrected chi connectivity index (χ1v) is 6.28. The minimum absolute atomic E-state index is 0.284. The van der Waals surface area contributed by atoms with E-state index in [2.05, 4.69) is 14.9 Å². The van der Waals surface area contributed by atoms with Crippen molar-refractivity contribution in [1.82, 2.24) is 14.7 Å². The van der Waals surface area contributed by atoms with E-state index in [1.807, 2.05) is 32.7 Å². The highest BCUT2D eigenvalue weighted by Gasteiger charge is 2.34. The number of likely N-dealkylation sites (N-methyl/N-ethyl adjacent to an activating group) is 1. The highest BCUT2D eigenvalue weighted by Crippen LogP contribution is 2.32. The molecule has 0 saturated carbocycles. The molecule has 1 fully saturated rings. The van der Waals surface area contributed by atoms with Crippen LogP contribution >= 0.6 is 0 Å². The van der Waals surface area contributed by atoms with Crippen molar-refractivity contribution in [3.05, 3.63) is 5.69 Å². The second kappa shape index (κ2) is 4.78. The molecule has 1 saturated heterocycles. The van der Waals surface area contributed by atoms with Crippen molar-refractivity contribution in [2.45, 2.75) is 25.5 Å². The molecule has 6 nitrogen and oxygen atoms in total. The molecule has 2 unspecified atom stereocenters. The third kappa shape index (κ3) is 2.30. The fraction of sp³-hybridized carbons (Fsp3) is 0.750. The van der Waals surface area contributed by atoms with Crippen molar-refractivity contribution in [2.24, 2.45) is 7.05 Å². The molecule has 0 radical (unpaired) electrons. The predicted molar refractivity (Wildman–Crippen MR) is 72.7 cm³/mol. The molecule has 0 bridgehead atoms. The number of aryl methyl sites for hydroxylation is 2. The number of aliphatic hydroxyl groups is 1. The summed E-state index contributed by atoms with van der Waals surface area (Å²) in [5.74, 6) is 0.927. The highest BCUT2D eigenvalue weighted by molar-refractivity contribution is 5.67. The molecule has 6 heteroatoms. The summed E-state index contributed by atoms with van der Waals surface area (Å²) >= 11 is 0. The summed E-state index contributed by atoms with van der Waals surface area (Å²) in [5.41, 5.74) is 7.66. The van der Waals surface area contributed by atoms with Crippen LogP contribution in [0.5, 0.6) is 0 Å². The first-order valence-electron chi connectivity index (χ1n) is 6.28. The Hall–Kier alpha value is -1.27. The summed E-state index contributed by atoms with van der Waals surface area (Å²) < 4.78 is 1.81. The molecule has 2 heterocycles. The van der Waals surface area contributed by atoms with Gasteiger partial charge in [0.2, 0.25) is 0 Å². The van der Waals surface area contributed by atoms with E-state index < -0.39 is 0 Å². The predicted octanol–water partition coefficient (Wildman–Crippen LogP) is -0.188. The quantitative estimate of drug-likeness (QED) is 0.781. The van der Waals surface area contributed by atoms with Crippen LogP contribution in [-0.4, -0.2) is 59.1 Å². The molecule has 1 aliphatic heterocycles. The van der Waals surface area contributed by atoms with Gasteiger partial charge in [0.1, 0.15) is 0 Å². The van der Waals surface area contributed by atoms with Gasteiger partial charge in [-0.3, -0.25) is 4.68 Å². The van der Waals surface area contributed by atoms with Gasteiger partial charge < -0.3 is 20.6 Å². The van der Waals surface area contributed by atoms with Gasteiger partial charge in [0.05, 0.1) is 17.5 Å². The van der Waals surface area contributed by atoms with Gasteiger partial charge in [-0.05, 0) is 27.4 Å². The zero-order chi connectivity index (χ0) is 13.4. The van der Waals surface area contributed by atoms with Gasteiger partial charge in [-0.15, -0.1) is 0 Å². The molecule has 0 aliphatic carbocycles. The van der Waals surface area contributed by atoms with E-state index in [0.717, 1.165) is 30.2 Å². The van der Waals surface area contributed by atoms with Gasteiger partial charge in [0, 0.05) is 26.2 Å². The number of aliphatic hydroxyl groups excluding tert-OH is 1. The maximum atomic E-state index is 9.90. The molecular weight excluding hydrogens is 230 g/mol. The minimum Gasteiger partial charge on any atom is -0.394 e. The van der Waals surface area contributed by atoms with E-state index in [1.54, 1.807) is 0 Å². The molecule has 1 aromatic rings. The number of anilines is 2. The smallest absolute Gasteiger partial charge is 0.150 e. The summed E-state index contributed by atoms with van der Waals surface area (Å²) in [5, 5.41) is 14.3. The lowest BCUT2D eigenvalue weighted by atomic mass is 10.2. The van der Waals surface area contributed by atoms with Crippen molar-refractivity contribution in [2.75, 3.05) is 37.8 Å². The Morgan fingerprint density at radius 1 is 1.50 bits per heavy atom. The summed E-state index contributed by atoms with van der Waals surface area (Å²) in [6.07, 6.45) is 0.492. The Kier molecular flexibility index (Phi) is 3.49. The molecule has 0 spiro atoms. The SMILES string of the molecule is Cc1nn(C)c(N2CC(O)CC2CN(C)C)c1N. The van der Waals surface area contributed by atoms with Gasteiger partial charge in [-0.25, -0.2) is 0 Å². The maximum Gasteiger partial charge on any atom is 0.150 e. The van der Waals surface area contributed by atoms with Crippen LogP contribution in [0.1, 0.15) is 12.1 Å². The topological polar surface area (TPSA) is 70.6 Å². The number of nitrogens with zero attached hydrogens (tertiary/aromatic N) is 4. The second-order valence-electron chi connectivity index (χ2n) is 5.40. The second-order valence-corrected chi connectivity index (χ2v) is 5.40. The molecule has 2 rings (SSSR count). The van der Waals surface area contributed by atoms with Crippen LogP contribution in [0.15, 0.2) is 0 Å². The van der Waals surface area contributed by atoms with Crippen molar-refractivity contribution in [3.8, 4) is 0 Å². The zero-order valence-electron chi connectivity index (χ0n) is 11.6. The summed E-state index contributed by atoms with van der Waals surface area (Å²) in [7, 11) is 5.98. The largest absolute Gasteiger partial charge is 0.394 e. The van der Waals surface area contributed by atoms with Crippen LogP contribution in [0.4, 0.5) is 11.5 Å². The first-order chi connectivity index (χ1) is 8.40. The van der Waals surface area contributed by atoms with Crippen molar-refractivity contribution in [3.63, 3.8) is 0 Å². The highest BCUT2D eigenvalue weighted by atomic mass is 16.3. The average molecular weight is 253 g/mol. The molecule has 3 N–H and O–H groups in total. The van der Waals surface area contributed by atoms with Crippen LogP contribution in [0.3, 0.4) is 0 Å². The lowest BCUT2D eigenvalue weighted by Crippen LogP contribution is -2.38. The van der Waals surface area contributed by atoms with Gasteiger partial charge in [0.15, 0.2) is 5.82 Å². The standard InChI is InChI=1S/C12H23N5O/c1-8-11(13)12(16(4)14-8)17-7-10(18)5-9(17)6-15(2)3/h9-10,18H,5-7,13H2,1-4H3. The fourth-order valence-electron chi connectivity index (χ4n) is 2.75. The minimum atomic E-state index is -0.287. The third-order valence-electron chi connectivity index (χ3n) is 3.48. The third-order valence-corrected chi connectivity index (χ3v) is 3.48. The molecule has 0 aromatic carbocycles. The number of hydrogen-bond donors (Lipinski definition) is 2. The van der Waals surface area contributed by atoms with Crippen LogP contribution in [0, 0.1) is 6.92 Å². The Labute approximate surface area is 108 Å². The van der Waals surface area contributed by atoms with Gasteiger partial charge in [0.25, 0.3) is 0 Å². The van der Waals surface area contributed by atoms with Crippen LogP contribution < -0.4 is 10.6 Å². The lowest BCUT2D eigenvalue weighted by Gasteiger charge is -2.28. The molecule has 2 atom stereocenters. The van der Waals surface area contributed by atoms with E-state index in [4.69, 9.17) is 5.73 Å². The van der Waals surface area contributed by atoms with E-state index in [0.29, 0.717) is 6.54 Å². The number of hydrogen-bond acceptors (Lipinski definition) is 5. The number of nitrogens with two attached hydrogens (primary N) is 1. The first kappa shape index (κ1) is 13.2. The van der Waals surface area contributed by atoms with E-state index in [1.165, 1.54) is 0 Å². The molecule has 102 valence electrons. The van der Waals surface area contributed by atoms with Gasteiger partial charge in [-0.1, -0.05) is 0 Å². The number of nitrogen functional groups attached to an aromatic ring is 1. The normalized spacial score (nSPS) is 24.2. The van der Waals surface area contributed by atoms with Crippen LogP contribution in [-0.2, 0) is 7.05 Å². The van der Waals surface area contributed by atoms with Crippen LogP contribution in [0.25, 0.3) is 0 Å². The lowest BCUT2D eigenvalue weighted by molar-refractivity contribution is 0.191. The van der Waals surface area contributed by atoms with Crippen molar-refractivity contribution >= 4 is 11.5 Å². The summed E-state index contributed by atoms with van der Waals surface area (Å²) in [6.45, 7) is 3.44. The number of rotatable bonds is 3. The van der Waals surface area contributed by atoms with Crippen molar-refractivity contribution < 1.29 is 5.11 Å². The van der Waals surface area contributed by atoms with E-state index >= 15 is 0 Å². The Bertz CT molecular complexity index is 428.